The van der Waals surface area contributed by atoms with E-state index >= 15 is 0 Å². The summed E-state index contributed by atoms with van der Waals surface area (Å²) in [4.78, 5) is 19.0. The van der Waals surface area contributed by atoms with Crippen molar-refractivity contribution in [2.75, 3.05) is 0 Å². The van der Waals surface area contributed by atoms with Crippen LogP contribution in [-0.2, 0) is 25.7 Å². The molecule has 240 valence electrons. The molecule has 0 aromatic carbocycles. The molecular weight excluding hydrogens is 562 g/mol. The number of aryl methyl sites for hydroxylation is 4. The van der Waals surface area contributed by atoms with Gasteiger partial charge in [0.25, 0.3) is 5.69 Å². The van der Waals surface area contributed by atoms with Gasteiger partial charge in [-0.25, -0.2) is 4.98 Å². The maximum absolute atomic E-state index is 5.61. The molecule has 4 aromatic heterocycles. The molecule has 0 radical (unpaired) electrons. The zero-order chi connectivity index (χ0) is 32.5. The van der Waals surface area contributed by atoms with Gasteiger partial charge in [-0.05, 0) is 103 Å². The molecule has 0 saturated heterocycles. The number of hydrogen-bond acceptors (Lipinski definition) is 2. The minimum absolute atomic E-state index is 0.314. The number of hydrogen-bond donors (Lipinski definition) is 2. The lowest BCUT2D eigenvalue weighted by Crippen LogP contribution is -2.32. The minimum Gasteiger partial charge on any atom is -0.355 e. The van der Waals surface area contributed by atoms with Crippen LogP contribution < -0.4 is 4.57 Å². The van der Waals surface area contributed by atoms with Crippen molar-refractivity contribution in [3.05, 3.63) is 93.8 Å². The highest BCUT2D eigenvalue weighted by molar-refractivity contribution is 5.94. The molecule has 5 nitrogen and oxygen atoms in total. The summed E-state index contributed by atoms with van der Waals surface area (Å²) >= 11 is 0. The highest BCUT2D eigenvalue weighted by atomic mass is 15.0. The van der Waals surface area contributed by atoms with Crippen molar-refractivity contribution in [2.45, 2.75) is 119 Å². The van der Waals surface area contributed by atoms with E-state index in [9.17, 15) is 0 Å². The average Bonchev–Trinajstić information content (AvgIpc) is 3.80. The standard InChI is InChI=1S/C41H52N5/c1-9-25-27(11-3)35-23-37-29(13-5)31(15-7)39(44-37)41(46-20-18-17-19-21-46)40-32(16-8)30(14-6)38(45-40)24-36-28(12-4)26(10-2)34(43-36)22-33(25)42-35/h17-24,29,31,42-43H,9-16H2,1-8H3/q+1/t29-,31-/m0/s1. The van der Waals surface area contributed by atoms with E-state index in [1.54, 1.807) is 0 Å². The van der Waals surface area contributed by atoms with E-state index in [2.05, 4.69) is 119 Å². The predicted octanol–water partition coefficient (Wildman–Crippen LogP) is 10.3. The van der Waals surface area contributed by atoms with Gasteiger partial charge in [0, 0.05) is 51.7 Å². The number of rotatable bonds is 9. The Bertz CT molecular complexity index is 1940. The van der Waals surface area contributed by atoms with Crippen molar-refractivity contribution in [3.63, 3.8) is 0 Å². The molecular formula is C41H52N5+. The molecule has 8 bridgehead atoms. The Morgan fingerprint density at radius 1 is 0.565 bits per heavy atom. The first-order chi connectivity index (χ1) is 22.5. The number of fused-ring (bicyclic) bond motifs is 8. The van der Waals surface area contributed by atoms with Gasteiger partial charge in [-0.2, -0.15) is 4.57 Å². The normalized spacial score (nSPS) is 16.4. The van der Waals surface area contributed by atoms with Crippen molar-refractivity contribution < 1.29 is 4.57 Å². The Kier molecular flexibility index (Phi) is 9.31. The van der Waals surface area contributed by atoms with Crippen LogP contribution in [0.3, 0.4) is 0 Å². The summed E-state index contributed by atoms with van der Waals surface area (Å²) in [6, 6.07) is 13.4. The van der Waals surface area contributed by atoms with E-state index < -0.39 is 0 Å². The fourth-order valence-corrected chi connectivity index (χ4v) is 8.39. The maximum Gasteiger partial charge on any atom is 0.258 e. The van der Waals surface area contributed by atoms with Crippen molar-refractivity contribution >= 4 is 33.2 Å². The van der Waals surface area contributed by atoms with Crippen LogP contribution >= 0.6 is 0 Å². The monoisotopic (exact) mass is 614 g/mol. The van der Waals surface area contributed by atoms with Gasteiger partial charge in [0.05, 0.1) is 5.69 Å². The SMILES string of the molecule is CCC1=C(CC)c2nc1cc1[nH]c(cc3[nH]c(cc4nc(c2-[n+]2ccccc2)[C@@H](CC)[C@@H]4CC)c(CC)c3CC)c(CC)c1CC. The van der Waals surface area contributed by atoms with E-state index in [-0.39, 0.29) is 0 Å². The number of pyridine rings is 1. The highest BCUT2D eigenvalue weighted by Gasteiger charge is 2.37. The number of nitrogens with zero attached hydrogens (tertiary/aromatic N) is 3. The smallest absolute Gasteiger partial charge is 0.258 e. The molecule has 0 fully saturated rings. The van der Waals surface area contributed by atoms with Crippen molar-refractivity contribution in [1.82, 2.24) is 19.9 Å². The quantitative estimate of drug-likeness (QED) is 0.184. The fraction of sp³-hybridized carbons (Fsp3) is 0.439. The van der Waals surface area contributed by atoms with Crippen LogP contribution in [0.15, 0.2) is 48.8 Å². The van der Waals surface area contributed by atoms with Gasteiger partial charge < -0.3 is 9.97 Å². The summed E-state index contributed by atoms with van der Waals surface area (Å²) in [6.45, 7) is 18.3. The summed E-state index contributed by atoms with van der Waals surface area (Å²) in [5.74, 6) is 0.663. The van der Waals surface area contributed by atoms with Gasteiger partial charge in [0.1, 0.15) is 11.4 Å². The summed E-state index contributed by atoms with van der Waals surface area (Å²) in [6.07, 6.45) is 12.2. The van der Waals surface area contributed by atoms with E-state index in [0.29, 0.717) is 11.8 Å². The first kappa shape index (κ1) is 32.0. The molecule has 6 rings (SSSR count). The largest absolute Gasteiger partial charge is 0.355 e. The average molecular weight is 615 g/mol. The zero-order valence-corrected chi connectivity index (χ0v) is 29.3. The summed E-state index contributed by atoms with van der Waals surface area (Å²) in [5, 5.41) is 0. The predicted molar refractivity (Wildman–Crippen MR) is 194 cm³/mol. The molecule has 0 saturated carbocycles. The number of nitrogens with one attached hydrogen (secondary N) is 2. The fourth-order valence-electron chi connectivity index (χ4n) is 8.39. The number of aromatic nitrogens is 5. The molecule has 2 atom stereocenters. The molecule has 2 aliphatic rings. The molecule has 2 aliphatic heterocycles. The minimum atomic E-state index is 0.314. The molecule has 0 amide bonds. The third-order valence-electron chi connectivity index (χ3n) is 10.5. The van der Waals surface area contributed by atoms with Crippen LogP contribution in [0.25, 0.3) is 38.9 Å². The van der Waals surface area contributed by atoms with Crippen LogP contribution in [0, 0.1) is 0 Å². The summed E-state index contributed by atoms with van der Waals surface area (Å²) < 4.78 is 2.28. The van der Waals surface area contributed by atoms with E-state index in [0.717, 1.165) is 68.4 Å². The van der Waals surface area contributed by atoms with Gasteiger partial charge in [-0.1, -0.05) is 61.5 Å². The second-order valence-corrected chi connectivity index (χ2v) is 12.8. The Morgan fingerprint density at radius 2 is 1.09 bits per heavy atom. The lowest BCUT2D eigenvalue weighted by Gasteiger charge is -2.17. The third kappa shape index (κ3) is 5.22. The van der Waals surface area contributed by atoms with Gasteiger partial charge in [-0.3, -0.25) is 4.98 Å². The number of aromatic amines is 2. The van der Waals surface area contributed by atoms with Gasteiger partial charge in [-0.15, -0.1) is 0 Å². The molecule has 46 heavy (non-hydrogen) atoms. The lowest BCUT2D eigenvalue weighted by atomic mass is 9.84. The van der Waals surface area contributed by atoms with Gasteiger partial charge in [0.2, 0.25) is 0 Å². The topological polar surface area (TPSA) is 61.2 Å². The van der Waals surface area contributed by atoms with Gasteiger partial charge >= 0.3 is 0 Å². The maximum atomic E-state index is 5.61. The second-order valence-electron chi connectivity index (χ2n) is 12.8. The van der Waals surface area contributed by atoms with Crippen LogP contribution in [0.5, 0.6) is 0 Å². The first-order valence-corrected chi connectivity index (χ1v) is 18.0. The van der Waals surface area contributed by atoms with Crippen LogP contribution in [0.2, 0.25) is 0 Å². The van der Waals surface area contributed by atoms with E-state index in [1.165, 1.54) is 66.9 Å². The molecule has 0 aliphatic carbocycles. The highest BCUT2D eigenvalue weighted by Crippen LogP contribution is 2.45. The summed E-state index contributed by atoms with van der Waals surface area (Å²) in [7, 11) is 0. The Hall–Kier alpha value is -3.99. The Morgan fingerprint density at radius 3 is 1.59 bits per heavy atom. The van der Waals surface area contributed by atoms with Crippen molar-refractivity contribution in [2.24, 2.45) is 0 Å². The molecule has 0 unspecified atom stereocenters. The summed E-state index contributed by atoms with van der Waals surface area (Å²) in [5.41, 5.74) is 18.8. The van der Waals surface area contributed by atoms with Crippen LogP contribution in [-0.4, -0.2) is 19.9 Å². The van der Waals surface area contributed by atoms with E-state index in [1.807, 2.05) is 0 Å². The first-order valence-electron chi connectivity index (χ1n) is 18.0. The molecule has 0 spiro atoms. The number of allylic oxidation sites excluding steroid dienone is 2. The van der Waals surface area contributed by atoms with Crippen LogP contribution in [0.1, 0.15) is 138 Å². The Labute approximate surface area is 275 Å². The second kappa shape index (κ2) is 13.4. The Balaban J connectivity index is 1.90. The molecule has 2 N–H and O–H groups in total. The van der Waals surface area contributed by atoms with E-state index in [4.69, 9.17) is 9.97 Å². The lowest BCUT2D eigenvalue weighted by molar-refractivity contribution is -0.596. The van der Waals surface area contributed by atoms with Gasteiger partial charge in [0.15, 0.2) is 12.4 Å². The molecule has 4 aromatic rings. The number of H-pyrrole nitrogens is 2. The van der Waals surface area contributed by atoms with Crippen molar-refractivity contribution in [3.8, 4) is 5.69 Å². The zero-order valence-electron chi connectivity index (χ0n) is 29.3. The van der Waals surface area contributed by atoms with Crippen LogP contribution in [0.4, 0.5) is 0 Å². The van der Waals surface area contributed by atoms with Crippen molar-refractivity contribution in [1.29, 1.82) is 0 Å². The third-order valence-corrected chi connectivity index (χ3v) is 10.5. The molecule has 5 heteroatoms. The molecule has 6 heterocycles.